The smallest absolute Gasteiger partial charge is 0.264 e. The molecule has 1 aromatic heterocycles. The lowest BCUT2D eigenvalue weighted by Gasteiger charge is -2.23. The zero-order valence-electron chi connectivity index (χ0n) is 18.4. The number of benzene rings is 2. The van der Waals surface area contributed by atoms with Crippen LogP contribution >= 0.6 is 0 Å². The van der Waals surface area contributed by atoms with E-state index in [1.807, 2.05) is 0 Å². The Morgan fingerprint density at radius 2 is 1.76 bits per heavy atom. The lowest BCUT2D eigenvalue weighted by Crippen LogP contribution is -2.39. The molecule has 0 spiro atoms. The second-order valence-corrected chi connectivity index (χ2v) is 8.70. The van der Waals surface area contributed by atoms with E-state index >= 15 is 0 Å². The third-order valence-electron chi connectivity index (χ3n) is 4.70. The molecule has 3 rings (SSSR count). The molecule has 10 heteroatoms. The molecule has 0 unspecified atom stereocenters. The molecule has 0 fully saturated rings. The molecule has 9 nitrogen and oxygen atoms in total. The first kappa shape index (κ1) is 23.7. The molecule has 3 aromatic rings. The van der Waals surface area contributed by atoms with Crippen LogP contribution in [0, 0.1) is 0 Å². The monoisotopic (exact) mass is 468 g/mol. The molecule has 2 aromatic carbocycles. The van der Waals surface area contributed by atoms with E-state index in [0.29, 0.717) is 22.8 Å². The van der Waals surface area contributed by atoms with E-state index in [9.17, 15) is 13.2 Å². The molecule has 0 aliphatic carbocycles. The van der Waals surface area contributed by atoms with E-state index in [0.717, 1.165) is 4.31 Å². The van der Waals surface area contributed by atoms with Crippen LogP contribution in [0.4, 0.5) is 5.69 Å². The van der Waals surface area contributed by atoms with Crippen LogP contribution in [0.5, 0.6) is 11.5 Å². The average Bonchev–Trinajstić information content (AvgIpc) is 2.86. The van der Waals surface area contributed by atoms with E-state index in [1.54, 1.807) is 55.5 Å². The van der Waals surface area contributed by atoms with Gasteiger partial charge in [-0.1, -0.05) is 18.2 Å². The van der Waals surface area contributed by atoms with Gasteiger partial charge < -0.3 is 9.47 Å². The van der Waals surface area contributed by atoms with Gasteiger partial charge in [-0.25, -0.2) is 13.8 Å². The van der Waals surface area contributed by atoms with Crippen molar-refractivity contribution >= 4 is 27.3 Å². The SMILES string of the molecule is COc1ccc(/C(C)=N\NC(=O)CN(c2cccnc2)S(=O)(=O)c2ccccc2)cc1OC. The van der Waals surface area contributed by atoms with Crippen LogP contribution in [0.3, 0.4) is 0 Å². The highest BCUT2D eigenvalue weighted by molar-refractivity contribution is 7.92. The number of anilines is 1. The zero-order chi connectivity index (χ0) is 23.8. The summed E-state index contributed by atoms with van der Waals surface area (Å²) in [6.07, 6.45) is 2.90. The topological polar surface area (TPSA) is 110 Å². The first-order valence-electron chi connectivity index (χ1n) is 9.90. The average molecular weight is 469 g/mol. The fourth-order valence-corrected chi connectivity index (χ4v) is 4.40. The van der Waals surface area contributed by atoms with Gasteiger partial charge in [0.1, 0.15) is 6.54 Å². The molecule has 1 amide bonds. The Bertz CT molecular complexity index is 1230. The Kier molecular flexibility index (Phi) is 7.62. The minimum atomic E-state index is -4.00. The van der Waals surface area contributed by atoms with Gasteiger partial charge in [-0.05, 0) is 49.4 Å². The molecule has 172 valence electrons. The summed E-state index contributed by atoms with van der Waals surface area (Å²) >= 11 is 0. The van der Waals surface area contributed by atoms with E-state index in [1.165, 1.54) is 38.7 Å². The maximum atomic E-state index is 13.2. The van der Waals surface area contributed by atoms with Crippen LogP contribution < -0.4 is 19.2 Å². The quantitative estimate of drug-likeness (QED) is 0.382. The number of ether oxygens (including phenoxy) is 2. The number of aromatic nitrogens is 1. The number of pyridine rings is 1. The maximum Gasteiger partial charge on any atom is 0.264 e. The first-order valence-corrected chi connectivity index (χ1v) is 11.3. The summed E-state index contributed by atoms with van der Waals surface area (Å²) in [4.78, 5) is 16.7. The van der Waals surface area contributed by atoms with Gasteiger partial charge in [-0.15, -0.1) is 0 Å². The van der Waals surface area contributed by atoms with E-state index in [2.05, 4.69) is 15.5 Å². The largest absolute Gasteiger partial charge is 0.493 e. The van der Waals surface area contributed by atoms with Gasteiger partial charge >= 0.3 is 0 Å². The van der Waals surface area contributed by atoms with Crippen LogP contribution in [0.25, 0.3) is 0 Å². The van der Waals surface area contributed by atoms with Crippen LogP contribution in [-0.2, 0) is 14.8 Å². The third-order valence-corrected chi connectivity index (χ3v) is 6.49. The van der Waals surface area contributed by atoms with Gasteiger partial charge in [0.15, 0.2) is 11.5 Å². The van der Waals surface area contributed by atoms with Gasteiger partial charge in [0.25, 0.3) is 15.9 Å². The third kappa shape index (κ3) is 5.66. The van der Waals surface area contributed by atoms with Crippen molar-refractivity contribution in [3.63, 3.8) is 0 Å². The van der Waals surface area contributed by atoms with Crippen molar-refractivity contribution in [2.45, 2.75) is 11.8 Å². The molecule has 1 heterocycles. The van der Waals surface area contributed by atoms with Crippen LogP contribution in [0.15, 0.2) is 83.1 Å². The standard InChI is InChI=1S/C23H24N4O5S/c1-17(18-11-12-21(31-2)22(14-18)32-3)25-26-23(28)16-27(19-8-7-13-24-15-19)33(29,30)20-9-5-4-6-10-20/h4-15H,16H2,1-3H3,(H,26,28)/b25-17-. The highest BCUT2D eigenvalue weighted by Gasteiger charge is 2.27. The second kappa shape index (κ2) is 10.6. The number of amides is 1. The first-order chi connectivity index (χ1) is 15.9. The summed E-state index contributed by atoms with van der Waals surface area (Å²) < 4.78 is 37.9. The number of hydrogen-bond acceptors (Lipinski definition) is 7. The van der Waals surface area contributed by atoms with E-state index < -0.39 is 22.5 Å². The lowest BCUT2D eigenvalue weighted by molar-refractivity contribution is -0.119. The molecular formula is C23H24N4O5S. The van der Waals surface area contributed by atoms with Crippen molar-refractivity contribution < 1.29 is 22.7 Å². The van der Waals surface area contributed by atoms with Crippen LogP contribution in [-0.4, -0.2) is 45.8 Å². The highest BCUT2D eigenvalue weighted by Crippen LogP contribution is 2.27. The van der Waals surface area contributed by atoms with Crippen molar-refractivity contribution in [1.82, 2.24) is 10.4 Å². The molecule has 0 atom stereocenters. The van der Waals surface area contributed by atoms with Crippen LogP contribution in [0.1, 0.15) is 12.5 Å². The summed E-state index contributed by atoms with van der Waals surface area (Å²) in [6.45, 7) is 1.23. The summed E-state index contributed by atoms with van der Waals surface area (Å²) in [5, 5.41) is 4.11. The van der Waals surface area contributed by atoms with Gasteiger partial charge in [0, 0.05) is 11.8 Å². The van der Waals surface area contributed by atoms with Gasteiger partial charge in [0.05, 0.1) is 36.7 Å². The fraction of sp³-hybridized carbons (Fsp3) is 0.174. The molecule has 0 saturated heterocycles. The summed E-state index contributed by atoms with van der Waals surface area (Å²) in [7, 11) is -0.941. The molecule has 0 radical (unpaired) electrons. The number of hydrazone groups is 1. The van der Waals surface area contributed by atoms with Gasteiger partial charge in [-0.2, -0.15) is 5.10 Å². The number of nitrogens with zero attached hydrogens (tertiary/aromatic N) is 3. The number of rotatable bonds is 9. The molecule has 0 saturated carbocycles. The number of nitrogens with one attached hydrogen (secondary N) is 1. The number of hydrogen-bond donors (Lipinski definition) is 1. The fourth-order valence-electron chi connectivity index (χ4n) is 2.97. The maximum absolute atomic E-state index is 13.2. The molecular weight excluding hydrogens is 444 g/mol. The Labute approximate surface area is 192 Å². The predicted octanol–water partition coefficient (Wildman–Crippen LogP) is 2.83. The molecule has 0 aliphatic heterocycles. The van der Waals surface area contributed by atoms with Crippen molar-refractivity contribution in [3.05, 3.63) is 78.6 Å². The Hall–Kier alpha value is -3.92. The Morgan fingerprint density at radius 1 is 1.03 bits per heavy atom. The Balaban J connectivity index is 1.82. The summed E-state index contributed by atoms with van der Waals surface area (Å²) in [6, 6.07) is 16.3. The summed E-state index contributed by atoms with van der Waals surface area (Å²) in [5.41, 5.74) is 3.89. The minimum absolute atomic E-state index is 0.0617. The van der Waals surface area contributed by atoms with E-state index in [-0.39, 0.29) is 10.6 Å². The van der Waals surface area contributed by atoms with Crippen molar-refractivity contribution in [3.8, 4) is 11.5 Å². The van der Waals surface area contributed by atoms with Crippen molar-refractivity contribution in [1.29, 1.82) is 0 Å². The normalized spacial score (nSPS) is 11.5. The molecule has 0 bridgehead atoms. The minimum Gasteiger partial charge on any atom is -0.493 e. The molecule has 1 N–H and O–H groups in total. The van der Waals surface area contributed by atoms with Gasteiger partial charge in [0.2, 0.25) is 0 Å². The van der Waals surface area contributed by atoms with Gasteiger partial charge in [-0.3, -0.25) is 14.1 Å². The highest BCUT2D eigenvalue weighted by atomic mass is 32.2. The van der Waals surface area contributed by atoms with Crippen molar-refractivity contribution in [2.24, 2.45) is 5.10 Å². The Morgan fingerprint density at radius 3 is 2.39 bits per heavy atom. The van der Waals surface area contributed by atoms with E-state index in [4.69, 9.17) is 9.47 Å². The number of methoxy groups -OCH3 is 2. The second-order valence-electron chi connectivity index (χ2n) is 6.84. The molecule has 33 heavy (non-hydrogen) atoms. The zero-order valence-corrected chi connectivity index (χ0v) is 19.2. The number of carbonyl (C=O) groups excluding carboxylic acids is 1. The summed E-state index contributed by atoms with van der Waals surface area (Å²) in [5.74, 6) is 0.474. The van der Waals surface area contributed by atoms with Crippen LogP contribution in [0.2, 0.25) is 0 Å². The predicted molar refractivity (Wildman–Crippen MR) is 125 cm³/mol. The lowest BCUT2D eigenvalue weighted by atomic mass is 10.1. The number of sulfonamides is 1. The van der Waals surface area contributed by atoms with Crippen molar-refractivity contribution in [2.75, 3.05) is 25.1 Å². The molecule has 0 aliphatic rings. The number of carbonyl (C=O) groups is 1.